The molecule has 0 aliphatic heterocycles. The fraction of sp³-hybridized carbons (Fsp3) is 0.160. The third-order valence-corrected chi connectivity index (χ3v) is 6.14. The van der Waals surface area contributed by atoms with Crippen molar-refractivity contribution >= 4 is 26.6 Å². The van der Waals surface area contributed by atoms with Crippen molar-refractivity contribution < 1.29 is 13.2 Å². The highest BCUT2D eigenvalue weighted by molar-refractivity contribution is 7.89. The predicted molar refractivity (Wildman–Crippen MR) is 124 cm³/mol. The van der Waals surface area contributed by atoms with E-state index in [2.05, 4.69) is 28.5 Å². The first-order valence-electron chi connectivity index (χ1n) is 10.1. The standard InChI is InChI=1S/C25H24N2O3S/c1-31(29,30)17-18-8-7-11-20(14-18)25(28)27-15-22(19-9-3-2-4-10-19)23-16-26-24-13-6-5-12-21(23)24/h2-14,16,22,26H,15,17H2,1H3,(H,27,28). The number of hydrogen-bond donors (Lipinski definition) is 2. The molecule has 1 amide bonds. The van der Waals surface area contributed by atoms with Gasteiger partial charge in [0, 0.05) is 41.4 Å². The summed E-state index contributed by atoms with van der Waals surface area (Å²) in [5.74, 6) is -0.340. The number of para-hydroxylation sites is 1. The van der Waals surface area contributed by atoms with Crippen molar-refractivity contribution in [3.63, 3.8) is 0 Å². The minimum Gasteiger partial charge on any atom is -0.361 e. The number of aromatic amines is 1. The molecular weight excluding hydrogens is 408 g/mol. The summed E-state index contributed by atoms with van der Waals surface area (Å²) < 4.78 is 23.2. The lowest BCUT2D eigenvalue weighted by molar-refractivity contribution is 0.0952. The Kier molecular flexibility index (Phi) is 5.91. The fourth-order valence-electron chi connectivity index (χ4n) is 3.88. The van der Waals surface area contributed by atoms with E-state index in [1.807, 2.05) is 42.6 Å². The molecule has 4 aromatic rings. The average Bonchev–Trinajstić information content (AvgIpc) is 3.18. The number of carbonyl (C=O) groups excluding carboxylic acids is 1. The SMILES string of the molecule is CS(=O)(=O)Cc1cccc(C(=O)NCC(c2ccccc2)c2c[nH]c3ccccc23)c1. The van der Waals surface area contributed by atoms with Crippen LogP contribution in [0.1, 0.15) is 33.0 Å². The summed E-state index contributed by atoms with van der Waals surface area (Å²) in [4.78, 5) is 16.2. The summed E-state index contributed by atoms with van der Waals surface area (Å²) in [6.07, 6.45) is 3.19. The summed E-state index contributed by atoms with van der Waals surface area (Å²) in [5, 5.41) is 4.16. The molecule has 0 bridgehead atoms. The molecule has 0 fully saturated rings. The first kappa shape index (κ1) is 20.9. The van der Waals surface area contributed by atoms with Crippen LogP contribution in [0, 0.1) is 0 Å². The Morgan fingerprint density at radius 1 is 0.968 bits per heavy atom. The number of rotatable bonds is 7. The van der Waals surface area contributed by atoms with Crippen molar-refractivity contribution in [2.45, 2.75) is 11.7 Å². The van der Waals surface area contributed by atoms with Gasteiger partial charge in [-0.2, -0.15) is 0 Å². The molecule has 0 saturated carbocycles. The van der Waals surface area contributed by atoms with Crippen LogP contribution in [0.3, 0.4) is 0 Å². The lowest BCUT2D eigenvalue weighted by Crippen LogP contribution is -2.29. The third-order valence-electron chi connectivity index (χ3n) is 5.28. The van der Waals surface area contributed by atoms with Crippen LogP contribution in [0.5, 0.6) is 0 Å². The fourth-order valence-corrected chi connectivity index (χ4v) is 4.66. The quantitative estimate of drug-likeness (QED) is 0.458. The summed E-state index contributed by atoms with van der Waals surface area (Å²) in [6.45, 7) is 0.418. The number of benzene rings is 3. The van der Waals surface area contributed by atoms with Gasteiger partial charge in [-0.1, -0.05) is 60.7 Å². The summed E-state index contributed by atoms with van der Waals surface area (Å²) in [6, 6.07) is 25.0. The molecule has 1 aromatic heterocycles. The monoisotopic (exact) mass is 432 g/mol. The maximum absolute atomic E-state index is 12.9. The van der Waals surface area contributed by atoms with E-state index in [1.54, 1.807) is 24.3 Å². The second-order valence-electron chi connectivity index (χ2n) is 7.73. The molecule has 0 saturated heterocycles. The molecule has 3 aromatic carbocycles. The van der Waals surface area contributed by atoms with Crippen molar-refractivity contribution in [1.29, 1.82) is 0 Å². The molecule has 0 aliphatic carbocycles. The van der Waals surface area contributed by atoms with E-state index >= 15 is 0 Å². The Morgan fingerprint density at radius 2 is 1.71 bits per heavy atom. The van der Waals surface area contributed by atoms with E-state index in [1.165, 1.54) is 6.26 Å². The molecule has 31 heavy (non-hydrogen) atoms. The van der Waals surface area contributed by atoms with E-state index in [0.717, 1.165) is 22.0 Å². The van der Waals surface area contributed by atoms with Crippen molar-refractivity contribution in [2.75, 3.05) is 12.8 Å². The van der Waals surface area contributed by atoms with Gasteiger partial charge in [-0.25, -0.2) is 8.42 Å². The number of hydrogen-bond acceptors (Lipinski definition) is 3. The average molecular weight is 433 g/mol. The Balaban J connectivity index is 1.59. The molecule has 1 atom stereocenters. The van der Waals surface area contributed by atoms with E-state index in [9.17, 15) is 13.2 Å². The summed E-state index contributed by atoms with van der Waals surface area (Å²) >= 11 is 0. The minimum absolute atomic E-state index is 0.0273. The number of H-pyrrole nitrogens is 1. The second kappa shape index (κ2) is 8.78. The van der Waals surface area contributed by atoms with E-state index < -0.39 is 9.84 Å². The van der Waals surface area contributed by atoms with E-state index in [4.69, 9.17) is 0 Å². The highest BCUT2D eigenvalue weighted by Crippen LogP contribution is 2.30. The highest BCUT2D eigenvalue weighted by Gasteiger charge is 2.19. The zero-order chi connectivity index (χ0) is 21.8. The Labute approximate surface area is 182 Å². The van der Waals surface area contributed by atoms with Gasteiger partial charge in [0.1, 0.15) is 0 Å². The van der Waals surface area contributed by atoms with Gasteiger partial charge in [0.25, 0.3) is 5.91 Å². The zero-order valence-electron chi connectivity index (χ0n) is 17.2. The van der Waals surface area contributed by atoms with Crippen LogP contribution in [-0.2, 0) is 15.6 Å². The van der Waals surface area contributed by atoms with Crippen LogP contribution in [0.4, 0.5) is 0 Å². The minimum atomic E-state index is -3.17. The first-order chi connectivity index (χ1) is 14.9. The first-order valence-corrected chi connectivity index (χ1v) is 12.1. The van der Waals surface area contributed by atoms with Gasteiger partial charge in [0.2, 0.25) is 0 Å². The molecule has 158 valence electrons. The van der Waals surface area contributed by atoms with Crippen LogP contribution in [0.25, 0.3) is 10.9 Å². The van der Waals surface area contributed by atoms with Gasteiger partial charge in [-0.05, 0) is 34.9 Å². The Hall–Kier alpha value is -3.38. The number of fused-ring (bicyclic) bond motifs is 1. The smallest absolute Gasteiger partial charge is 0.251 e. The topological polar surface area (TPSA) is 79.0 Å². The number of aromatic nitrogens is 1. The summed E-state index contributed by atoms with van der Waals surface area (Å²) in [7, 11) is -3.17. The molecule has 0 aliphatic rings. The van der Waals surface area contributed by atoms with Crippen molar-refractivity contribution in [1.82, 2.24) is 10.3 Å². The van der Waals surface area contributed by atoms with E-state index in [-0.39, 0.29) is 17.6 Å². The maximum atomic E-state index is 12.9. The highest BCUT2D eigenvalue weighted by atomic mass is 32.2. The molecule has 0 radical (unpaired) electrons. The van der Waals surface area contributed by atoms with Crippen LogP contribution in [0.15, 0.2) is 85.1 Å². The maximum Gasteiger partial charge on any atom is 0.251 e. The second-order valence-corrected chi connectivity index (χ2v) is 9.87. The number of carbonyl (C=O) groups is 1. The Bertz CT molecular complexity index is 1310. The van der Waals surface area contributed by atoms with Crippen molar-refractivity contribution in [2.24, 2.45) is 0 Å². The number of nitrogens with one attached hydrogen (secondary N) is 2. The Morgan fingerprint density at radius 3 is 2.48 bits per heavy atom. The van der Waals surface area contributed by atoms with Gasteiger partial charge in [0.15, 0.2) is 9.84 Å². The zero-order valence-corrected chi connectivity index (χ0v) is 18.0. The molecule has 1 heterocycles. The van der Waals surface area contributed by atoms with Gasteiger partial charge >= 0.3 is 0 Å². The molecule has 0 spiro atoms. The molecule has 1 unspecified atom stereocenters. The van der Waals surface area contributed by atoms with E-state index in [0.29, 0.717) is 17.7 Å². The molecule has 6 heteroatoms. The van der Waals surface area contributed by atoms with Gasteiger partial charge in [-0.3, -0.25) is 4.79 Å². The van der Waals surface area contributed by atoms with Gasteiger partial charge < -0.3 is 10.3 Å². The van der Waals surface area contributed by atoms with Crippen molar-refractivity contribution in [3.05, 3.63) is 107 Å². The third kappa shape index (κ3) is 5.03. The lowest BCUT2D eigenvalue weighted by Gasteiger charge is -2.18. The lowest BCUT2D eigenvalue weighted by atomic mass is 9.91. The van der Waals surface area contributed by atoms with Crippen LogP contribution in [0.2, 0.25) is 0 Å². The molecule has 2 N–H and O–H groups in total. The van der Waals surface area contributed by atoms with Crippen molar-refractivity contribution in [3.8, 4) is 0 Å². The molecule has 4 rings (SSSR count). The normalized spacial score (nSPS) is 12.5. The predicted octanol–water partition coefficient (Wildman–Crippen LogP) is 4.27. The summed E-state index contributed by atoms with van der Waals surface area (Å²) in [5.41, 5.74) is 4.34. The van der Waals surface area contributed by atoms with Crippen LogP contribution >= 0.6 is 0 Å². The van der Waals surface area contributed by atoms with Crippen LogP contribution < -0.4 is 5.32 Å². The molecule has 5 nitrogen and oxygen atoms in total. The van der Waals surface area contributed by atoms with Crippen LogP contribution in [-0.4, -0.2) is 32.1 Å². The number of sulfone groups is 1. The largest absolute Gasteiger partial charge is 0.361 e. The molecular formula is C25H24N2O3S. The number of amides is 1. The van der Waals surface area contributed by atoms with Gasteiger partial charge in [-0.15, -0.1) is 0 Å². The van der Waals surface area contributed by atoms with Gasteiger partial charge in [0.05, 0.1) is 5.75 Å².